The monoisotopic (exact) mass is 344 g/mol. The maximum absolute atomic E-state index is 12.4. The van der Waals surface area contributed by atoms with Crippen LogP contribution in [0, 0.1) is 0 Å². The Hall–Kier alpha value is -1.61. The number of ether oxygens (including phenoxy) is 1. The number of hydrogen-bond acceptors (Lipinski definition) is 5. The first-order valence-electron chi connectivity index (χ1n) is 7.46. The number of carbonyl (C=O) groups excluding carboxylic acids is 1. The summed E-state index contributed by atoms with van der Waals surface area (Å²) in [5.41, 5.74) is -0.254. The van der Waals surface area contributed by atoms with Gasteiger partial charge in [-0.25, -0.2) is 17.9 Å². The second-order valence-electron chi connectivity index (χ2n) is 6.76. The molecule has 1 atom stereocenters. The molecule has 1 aromatic rings. The highest BCUT2D eigenvalue weighted by Crippen LogP contribution is 2.20. The molecule has 0 spiro atoms. The fraction of sp³-hybridized carbons (Fsp3) is 0.714. The van der Waals surface area contributed by atoms with E-state index in [4.69, 9.17) is 4.74 Å². The van der Waals surface area contributed by atoms with Gasteiger partial charge in [-0.15, -0.1) is 0 Å². The Morgan fingerprint density at radius 1 is 1.48 bits per heavy atom. The SMILES string of the molecule is CC(C)(C)n1nccc1NC(=O)N1CCOC(CS(C)(=O)=O)C1. The summed E-state index contributed by atoms with van der Waals surface area (Å²) in [6, 6.07) is 1.45. The number of rotatable bonds is 3. The van der Waals surface area contributed by atoms with E-state index in [9.17, 15) is 13.2 Å². The standard InChI is InChI=1S/C14H24N4O4S/c1-14(2,3)18-12(5-6-15-18)16-13(19)17-7-8-22-11(9-17)10-23(4,20)21/h5-6,11H,7-10H2,1-4H3,(H,16,19). The van der Waals surface area contributed by atoms with Crippen LogP contribution in [0.25, 0.3) is 0 Å². The Morgan fingerprint density at radius 2 is 2.17 bits per heavy atom. The second-order valence-corrected chi connectivity index (χ2v) is 8.95. The third kappa shape index (κ3) is 4.93. The van der Waals surface area contributed by atoms with Crippen molar-refractivity contribution in [1.29, 1.82) is 0 Å². The predicted octanol–water partition coefficient (Wildman–Crippen LogP) is 0.915. The maximum Gasteiger partial charge on any atom is 0.323 e. The molecule has 130 valence electrons. The van der Waals surface area contributed by atoms with Crippen LogP contribution in [0.3, 0.4) is 0 Å². The Morgan fingerprint density at radius 3 is 2.78 bits per heavy atom. The van der Waals surface area contributed by atoms with Crippen molar-refractivity contribution in [2.24, 2.45) is 0 Å². The van der Waals surface area contributed by atoms with Crippen molar-refractivity contribution in [2.45, 2.75) is 32.4 Å². The van der Waals surface area contributed by atoms with Gasteiger partial charge in [0.1, 0.15) is 15.7 Å². The minimum absolute atomic E-state index is 0.0866. The summed E-state index contributed by atoms with van der Waals surface area (Å²) in [6.45, 7) is 6.98. The van der Waals surface area contributed by atoms with Gasteiger partial charge in [-0.05, 0) is 20.8 Å². The lowest BCUT2D eigenvalue weighted by molar-refractivity contribution is 0.000423. The Bertz CT molecular complexity index is 663. The van der Waals surface area contributed by atoms with Gasteiger partial charge < -0.3 is 9.64 Å². The molecule has 23 heavy (non-hydrogen) atoms. The van der Waals surface area contributed by atoms with Gasteiger partial charge in [0.25, 0.3) is 0 Å². The van der Waals surface area contributed by atoms with Crippen molar-refractivity contribution in [3.05, 3.63) is 12.3 Å². The molecule has 0 aliphatic carbocycles. The molecule has 1 saturated heterocycles. The molecule has 0 aromatic carbocycles. The van der Waals surface area contributed by atoms with Crippen LogP contribution in [-0.4, -0.2) is 66.9 Å². The molecule has 0 saturated carbocycles. The highest BCUT2D eigenvalue weighted by molar-refractivity contribution is 7.90. The number of nitrogens with one attached hydrogen (secondary N) is 1. The minimum Gasteiger partial charge on any atom is -0.373 e. The van der Waals surface area contributed by atoms with Crippen molar-refractivity contribution < 1.29 is 17.9 Å². The summed E-state index contributed by atoms with van der Waals surface area (Å²) in [7, 11) is -3.15. The number of nitrogens with zero attached hydrogens (tertiary/aromatic N) is 3. The topological polar surface area (TPSA) is 93.5 Å². The highest BCUT2D eigenvalue weighted by atomic mass is 32.2. The normalized spacial score (nSPS) is 19.7. The van der Waals surface area contributed by atoms with Crippen LogP contribution >= 0.6 is 0 Å². The second kappa shape index (κ2) is 6.48. The lowest BCUT2D eigenvalue weighted by Crippen LogP contribution is -2.49. The van der Waals surface area contributed by atoms with Gasteiger partial charge in [-0.1, -0.05) is 0 Å². The summed E-state index contributed by atoms with van der Waals surface area (Å²) in [5.74, 6) is 0.519. The third-order valence-electron chi connectivity index (χ3n) is 3.43. The van der Waals surface area contributed by atoms with Crippen LogP contribution in [-0.2, 0) is 20.1 Å². The maximum atomic E-state index is 12.4. The van der Waals surface area contributed by atoms with E-state index in [-0.39, 0.29) is 23.9 Å². The molecule has 1 aromatic heterocycles. The van der Waals surface area contributed by atoms with Crippen LogP contribution in [0.1, 0.15) is 20.8 Å². The summed E-state index contributed by atoms with van der Waals surface area (Å²) >= 11 is 0. The van der Waals surface area contributed by atoms with Crippen molar-refractivity contribution in [3.63, 3.8) is 0 Å². The van der Waals surface area contributed by atoms with Gasteiger partial charge in [-0.3, -0.25) is 5.32 Å². The van der Waals surface area contributed by atoms with E-state index < -0.39 is 15.9 Å². The van der Waals surface area contributed by atoms with Crippen molar-refractivity contribution >= 4 is 21.7 Å². The van der Waals surface area contributed by atoms with Gasteiger partial charge in [-0.2, -0.15) is 5.10 Å². The molecule has 1 aliphatic rings. The van der Waals surface area contributed by atoms with Crippen molar-refractivity contribution in [1.82, 2.24) is 14.7 Å². The number of urea groups is 1. The average molecular weight is 344 g/mol. The third-order valence-corrected chi connectivity index (χ3v) is 4.41. The number of morpholine rings is 1. The Balaban J connectivity index is 2.02. The van der Waals surface area contributed by atoms with Gasteiger partial charge in [0.05, 0.1) is 30.2 Å². The molecule has 1 N–H and O–H groups in total. The van der Waals surface area contributed by atoms with Gasteiger partial charge in [0, 0.05) is 25.4 Å². The fourth-order valence-electron chi connectivity index (χ4n) is 2.46. The smallest absolute Gasteiger partial charge is 0.323 e. The molecule has 2 heterocycles. The van der Waals surface area contributed by atoms with Crippen LogP contribution in [0.4, 0.5) is 10.6 Å². The van der Waals surface area contributed by atoms with Gasteiger partial charge in [0.2, 0.25) is 0 Å². The number of sulfone groups is 1. The van der Waals surface area contributed by atoms with E-state index in [2.05, 4.69) is 10.4 Å². The van der Waals surface area contributed by atoms with Crippen molar-refractivity contribution in [2.75, 3.05) is 37.0 Å². The lowest BCUT2D eigenvalue weighted by Gasteiger charge is -2.33. The van der Waals surface area contributed by atoms with E-state index in [1.807, 2.05) is 20.8 Å². The molecule has 0 radical (unpaired) electrons. The molecule has 2 amide bonds. The molecule has 2 rings (SSSR count). The zero-order valence-electron chi connectivity index (χ0n) is 13.9. The fourth-order valence-corrected chi connectivity index (χ4v) is 3.34. The highest BCUT2D eigenvalue weighted by Gasteiger charge is 2.28. The zero-order valence-corrected chi connectivity index (χ0v) is 14.8. The summed E-state index contributed by atoms with van der Waals surface area (Å²) < 4.78 is 29.9. The first kappa shape index (κ1) is 17.7. The van der Waals surface area contributed by atoms with Crippen LogP contribution in [0.15, 0.2) is 12.3 Å². The minimum atomic E-state index is -3.15. The molecule has 1 unspecified atom stereocenters. The Kier molecular flexibility index (Phi) is 5.00. The molecule has 9 heteroatoms. The number of hydrogen-bond donors (Lipinski definition) is 1. The average Bonchev–Trinajstić information content (AvgIpc) is 2.85. The predicted molar refractivity (Wildman–Crippen MR) is 87.3 cm³/mol. The zero-order chi connectivity index (χ0) is 17.3. The Labute approximate surface area is 136 Å². The van der Waals surface area contributed by atoms with Crippen LogP contribution < -0.4 is 5.32 Å². The molecular weight excluding hydrogens is 320 g/mol. The molecule has 8 nitrogen and oxygen atoms in total. The molecular formula is C14H24N4O4S. The van der Waals surface area contributed by atoms with Gasteiger partial charge in [0.15, 0.2) is 0 Å². The van der Waals surface area contributed by atoms with Crippen molar-refractivity contribution in [3.8, 4) is 0 Å². The van der Waals surface area contributed by atoms with E-state index in [0.29, 0.717) is 19.0 Å². The summed E-state index contributed by atoms with van der Waals surface area (Å²) in [6.07, 6.45) is 2.31. The quantitative estimate of drug-likeness (QED) is 0.880. The van der Waals surface area contributed by atoms with Gasteiger partial charge >= 0.3 is 6.03 Å². The van der Waals surface area contributed by atoms with E-state index in [1.54, 1.807) is 21.8 Å². The number of carbonyl (C=O) groups is 1. The first-order chi connectivity index (χ1) is 10.6. The largest absolute Gasteiger partial charge is 0.373 e. The number of anilines is 1. The van der Waals surface area contributed by atoms with E-state index >= 15 is 0 Å². The van der Waals surface area contributed by atoms with E-state index in [0.717, 1.165) is 6.26 Å². The van der Waals surface area contributed by atoms with E-state index in [1.165, 1.54) is 0 Å². The molecule has 1 aliphatic heterocycles. The molecule has 0 bridgehead atoms. The number of aromatic nitrogens is 2. The van der Waals surface area contributed by atoms with Crippen LogP contribution in [0.2, 0.25) is 0 Å². The molecule has 1 fully saturated rings. The number of amides is 2. The lowest BCUT2D eigenvalue weighted by atomic mass is 10.1. The first-order valence-corrected chi connectivity index (χ1v) is 9.52. The summed E-state index contributed by atoms with van der Waals surface area (Å²) in [5, 5.41) is 7.06. The van der Waals surface area contributed by atoms with Crippen LogP contribution in [0.5, 0.6) is 0 Å². The summed E-state index contributed by atoms with van der Waals surface area (Å²) in [4.78, 5) is 14.0.